The molecule has 0 aromatic rings. The van der Waals surface area contributed by atoms with E-state index in [0.717, 1.165) is 25.9 Å². The summed E-state index contributed by atoms with van der Waals surface area (Å²) in [6.07, 6.45) is 7.17. The first-order valence-electron chi connectivity index (χ1n) is 4.78. The molecule has 0 spiro atoms. The molecule has 12 heavy (non-hydrogen) atoms. The molecule has 4 heteroatoms. The van der Waals surface area contributed by atoms with Crippen molar-refractivity contribution in [3.05, 3.63) is 0 Å². The molecule has 0 aromatic carbocycles. The van der Waals surface area contributed by atoms with E-state index in [1.807, 2.05) is 0 Å². The molecule has 1 unspecified atom stereocenters. The van der Waals surface area contributed by atoms with Crippen molar-refractivity contribution in [2.75, 3.05) is 13.1 Å². The van der Waals surface area contributed by atoms with Crippen LogP contribution in [0.15, 0.2) is 0 Å². The molecule has 1 heterocycles. The van der Waals surface area contributed by atoms with Crippen molar-refractivity contribution in [2.45, 2.75) is 38.5 Å². The van der Waals surface area contributed by atoms with Crippen LogP contribution in [0.25, 0.3) is 0 Å². The minimum absolute atomic E-state index is 0.814. The first-order valence-corrected chi connectivity index (χ1v) is 6.09. The summed E-state index contributed by atoms with van der Waals surface area (Å²) in [5, 5.41) is 0. The molecule has 0 bridgehead atoms. The molecule has 1 saturated heterocycles. The molecule has 0 aromatic heterocycles. The van der Waals surface area contributed by atoms with Gasteiger partial charge in [-0.3, -0.25) is 4.57 Å². The third kappa shape index (κ3) is 3.70. The fourth-order valence-electron chi connectivity index (χ4n) is 1.62. The van der Waals surface area contributed by atoms with Crippen LogP contribution in [0.2, 0.25) is 0 Å². The monoisotopic (exact) mass is 191 g/mol. The van der Waals surface area contributed by atoms with Crippen LogP contribution in [-0.2, 0) is 4.57 Å². The normalized spacial score (nSPS) is 25.4. The summed E-state index contributed by atoms with van der Waals surface area (Å²) < 4.78 is 12.6. The Bertz CT molecular complexity index is 142. The fraction of sp³-hybridized carbons (Fsp3) is 1.00. The maximum Gasteiger partial charge on any atom is 0.258 e. The Morgan fingerprint density at radius 1 is 0.917 bits per heavy atom. The van der Waals surface area contributed by atoms with Gasteiger partial charge < -0.3 is 4.89 Å². The van der Waals surface area contributed by atoms with Crippen LogP contribution < -0.4 is 0 Å². The van der Waals surface area contributed by atoms with Crippen molar-refractivity contribution in [2.24, 2.45) is 0 Å². The van der Waals surface area contributed by atoms with Crippen molar-refractivity contribution in [1.82, 2.24) is 4.67 Å². The van der Waals surface area contributed by atoms with E-state index in [0.29, 0.717) is 0 Å². The molecule has 1 fully saturated rings. The smallest absolute Gasteiger partial charge is 0.258 e. The van der Waals surface area contributed by atoms with Crippen LogP contribution in [-0.4, -0.2) is 22.7 Å². The molecular weight excluding hydrogens is 173 g/mol. The SMILES string of the molecule is O=[PH](O)N1CCCCCCCC1. The van der Waals surface area contributed by atoms with E-state index in [1.54, 1.807) is 4.67 Å². The quantitative estimate of drug-likeness (QED) is 0.644. The summed E-state index contributed by atoms with van der Waals surface area (Å²) in [4.78, 5) is 8.96. The van der Waals surface area contributed by atoms with E-state index in [2.05, 4.69) is 0 Å². The summed E-state index contributed by atoms with van der Waals surface area (Å²) >= 11 is 0. The Kier molecular flexibility index (Phi) is 4.89. The number of hydrogen-bond donors (Lipinski definition) is 1. The zero-order valence-corrected chi connectivity index (χ0v) is 8.46. The predicted octanol–water partition coefficient (Wildman–Crippen LogP) is 2.02. The van der Waals surface area contributed by atoms with Crippen molar-refractivity contribution >= 4 is 8.18 Å². The minimum atomic E-state index is -2.41. The maximum absolute atomic E-state index is 10.8. The molecule has 0 amide bonds. The van der Waals surface area contributed by atoms with Crippen LogP contribution in [0.1, 0.15) is 38.5 Å². The molecule has 1 atom stereocenters. The van der Waals surface area contributed by atoms with Crippen molar-refractivity contribution in [3.63, 3.8) is 0 Å². The summed E-state index contributed by atoms with van der Waals surface area (Å²) in [7, 11) is -2.41. The van der Waals surface area contributed by atoms with E-state index < -0.39 is 8.18 Å². The van der Waals surface area contributed by atoms with Gasteiger partial charge in [0.25, 0.3) is 8.18 Å². The van der Waals surface area contributed by atoms with Gasteiger partial charge in [-0.15, -0.1) is 0 Å². The van der Waals surface area contributed by atoms with Gasteiger partial charge in [0.05, 0.1) is 0 Å². The van der Waals surface area contributed by atoms with E-state index >= 15 is 0 Å². The zero-order chi connectivity index (χ0) is 8.81. The van der Waals surface area contributed by atoms with E-state index in [1.165, 1.54) is 25.7 Å². The minimum Gasteiger partial charge on any atom is -0.335 e. The number of nitrogens with zero attached hydrogens (tertiary/aromatic N) is 1. The van der Waals surface area contributed by atoms with Crippen LogP contribution in [0.3, 0.4) is 0 Å². The Morgan fingerprint density at radius 2 is 1.33 bits per heavy atom. The lowest BCUT2D eigenvalue weighted by Gasteiger charge is -2.16. The van der Waals surface area contributed by atoms with Gasteiger partial charge >= 0.3 is 0 Å². The predicted molar refractivity (Wildman–Crippen MR) is 50.5 cm³/mol. The second-order valence-electron chi connectivity index (χ2n) is 3.39. The molecule has 1 aliphatic rings. The molecule has 1 rings (SSSR count). The standard InChI is InChI=1S/C8H18NO2P/c10-12(11)9-7-5-3-1-2-4-6-8-9/h12H,1-8H2,(H,10,11). The lowest BCUT2D eigenvalue weighted by molar-refractivity contribution is 0.361. The molecule has 72 valence electrons. The molecule has 1 aliphatic heterocycles. The average molecular weight is 191 g/mol. The maximum atomic E-state index is 10.8. The van der Waals surface area contributed by atoms with Gasteiger partial charge in [0.15, 0.2) is 0 Å². The summed E-state index contributed by atoms with van der Waals surface area (Å²) in [5.41, 5.74) is 0. The Balaban J connectivity index is 2.33. The molecule has 0 radical (unpaired) electrons. The lowest BCUT2D eigenvalue weighted by atomic mass is 10.1. The van der Waals surface area contributed by atoms with E-state index in [-0.39, 0.29) is 0 Å². The highest BCUT2D eigenvalue weighted by molar-refractivity contribution is 7.35. The van der Waals surface area contributed by atoms with E-state index in [4.69, 9.17) is 4.89 Å². The summed E-state index contributed by atoms with van der Waals surface area (Å²) in [6, 6.07) is 0. The first kappa shape index (κ1) is 10.2. The molecule has 1 N–H and O–H groups in total. The second kappa shape index (κ2) is 5.74. The van der Waals surface area contributed by atoms with Gasteiger partial charge in [-0.05, 0) is 12.8 Å². The Labute approximate surface area is 74.7 Å². The first-order chi connectivity index (χ1) is 5.80. The highest BCUT2D eigenvalue weighted by Gasteiger charge is 2.10. The Hall–Kier alpha value is 0.150. The van der Waals surface area contributed by atoms with Crippen molar-refractivity contribution in [1.29, 1.82) is 0 Å². The second-order valence-corrected chi connectivity index (χ2v) is 4.59. The van der Waals surface area contributed by atoms with Gasteiger partial charge in [-0.2, -0.15) is 0 Å². The van der Waals surface area contributed by atoms with Crippen LogP contribution >= 0.6 is 8.18 Å². The Morgan fingerprint density at radius 3 is 1.75 bits per heavy atom. The number of rotatable bonds is 1. The van der Waals surface area contributed by atoms with Gasteiger partial charge in [-0.1, -0.05) is 25.7 Å². The van der Waals surface area contributed by atoms with Gasteiger partial charge in [-0.25, -0.2) is 4.67 Å². The highest BCUT2D eigenvalue weighted by Crippen LogP contribution is 2.24. The summed E-state index contributed by atoms with van der Waals surface area (Å²) in [5.74, 6) is 0. The third-order valence-electron chi connectivity index (χ3n) is 2.38. The average Bonchev–Trinajstić information content (AvgIpc) is 2.15. The zero-order valence-electron chi connectivity index (χ0n) is 7.46. The topological polar surface area (TPSA) is 40.5 Å². The fourth-order valence-corrected chi connectivity index (χ4v) is 2.31. The summed E-state index contributed by atoms with van der Waals surface area (Å²) in [6.45, 7) is 1.63. The largest absolute Gasteiger partial charge is 0.335 e. The molecular formula is C8H18NO2P. The van der Waals surface area contributed by atoms with Crippen molar-refractivity contribution < 1.29 is 9.46 Å². The van der Waals surface area contributed by atoms with Crippen LogP contribution in [0.5, 0.6) is 0 Å². The third-order valence-corrected chi connectivity index (χ3v) is 3.36. The molecule has 0 saturated carbocycles. The molecule has 3 nitrogen and oxygen atoms in total. The lowest BCUT2D eigenvalue weighted by Crippen LogP contribution is -2.17. The van der Waals surface area contributed by atoms with Gasteiger partial charge in [0.1, 0.15) is 0 Å². The van der Waals surface area contributed by atoms with Crippen molar-refractivity contribution in [3.8, 4) is 0 Å². The van der Waals surface area contributed by atoms with Gasteiger partial charge in [0, 0.05) is 13.1 Å². The number of hydrogen-bond acceptors (Lipinski definition) is 1. The van der Waals surface area contributed by atoms with Gasteiger partial charge in [0.2, 0.25) is 0 Å². The van der Waals surface area contributed by atoms with Crippen LogP contribution in [0.4, 0.5) is 0 Å². The molecule has 0 aliphatic carbocycles. The van der Waals surface area contributed by atoms with Crippen LogP contribution in [0, 0.1) is 0 Å². The highest BCUT2D eigenvalue weighted by atomic mass is 31.1. The van der Waals surface area contributed by atoms with E-state index in [9.17, 15) is 4.57 Å².